The highest BCUT2D eigenvalue weighted by Gasteiger charge is 2.39. The van der Waals surface area contributed by atoms with Crippen molar-refractivity contribution in [1.82, 2.24) is 9.21 Å². The van der Waals surface area contributed by atoms with Gasteiger partial charge in [-0.05, 0) is 50.8 Å². The average Bonchev–Trinajstić information content (AvgIpc) is 3.04. The largest absolute Gasteiger partial charge is 0.481 e. The molecule has 2 aliphatic rings. The van der Waals surface area contributed by atoms with Crippen LogP contribution in [0, 0.1) is 12.8 Å². The molecule has 2 unspecified atom stereocenters. The number of carboxylic acids is 1. The van der Waals surface area contributed by atoms with Gasteiger partial charge in [-0.15, -0.1) is 0 Å². The zero-order valence-corrected chi connectivity index (χ0v) is 16.5. The second-order valence-corrected chi connectivity index (χ2v) is 9.35. The number of nitrogens with zero attached hydrogens (tertiary/aromatic N) is 2. The van der Waals surface area contributed by atoms with Crippen LogP contribution in [0.2, 0.25) is 0 Å². The van der Waals surface area contributed by atoms with Crippen LogP contribution in [0.4, 0.5) is 0 Å². The SMILES string of the molecule is Cc1ccc(S(=O)(=O)N2CCCCC2)cc1C(=O)N1CCC(C(=O)O)C1C. The van der Waals surface area contributed by atoms with Crippen LogP contribution in [-0.4, -0.2) is 60.3 Å². The van der Waals surface area contributed by atoms with Gasteiger partial charge >= 0.3 is 5.97 Å². The summed E-state index contributed by atoms with van der Waals surface area (Å²) in [6.45, 7) is 4.86. The summed E-state index contributed by atoms with van der Waals surface area (Å²) >= 11 is 0. The highest BCUT2D eigenvalue weighted by atomic mass is 32.2. The summed E-state index contributed by atoms with van der Waals surface area (Å²) in [7, 11) is -3.63. The van der Waals surface area contributed by atoms with Gasteiger partial charge < -0.3 is 10.0 Å². The number of likely N-dealkylation sites (tertiary alicyclic amines) is 1. The number of benzene rings is 1. The van der Waals surface area contributed by atoms with Gasteiger partial charge in [0.15, 0.2) is 0 Å². The molecule has 148 valence electrons. The van der Waals surface area contributed by atoms with Gasteiger partial charge in [0, 0.05) is 31.2 Å². The van der Waals surface area contributed by atoms with Crippen molar-refractivity contribution in [2.45, 2.75) is 50.5 Å². The molecule has 2 atom stereocenters. The van der Waals surface area contributed by atoms with Gasteiger partial charge in [-0.25, -0.2) is 8.42 Å². The number of amides is 1. The van der Waals surface area contributed by atoms with Crippen molar-refractivity contribution in [1.29, 1.82) is 0 Å². The predicted molar refractivity (Wildman–Crippen MR) is 100 cm³/mol. The molecule has 0 spiro atoms. The Kier molecular flexibility index (Phi) is 5.58. The Labute approximate surface area is 160 Å². The first-order valence-corrected chi connectivity index (χ1v) is 10.8. The lowest BCUT2D eigenvalue weighted by Gasteiger charge is -2.27. The summed E-state index contributed by atoms with van der Waals surface area (Å²) in [5.41, 5.74) is 1.01. The maximum atomic E-state index is 13.0. The third kappa shape index (κ3) is 3.73. The molecule has 27 heavy (non-hydrogen) atoms. The molecule has 3 rings (SSSR count). The van der Waals surface area contributed by atoms with Crippen LogP contribution >= 0.6 is 0 Å². The molecule has 1 aromatic carbocycles. The van der Waals surface area contributed by atoms with Crippen molar-refractivity contribution in [2.24, 2.45) is 5.92 Å². The standard InChI is InChI=1S/C19H26N2O5S/c1-13-6-7-15(27(25,26)20-9-4-3-5-10-20)12-17(13)18(22)21-11-8-16(14(21)2)19(23)24/h6-7,12,14,16H,3-5,8-11H2,1-2H3,(H,23,24). The van der Waals surface area contributed by atoms with Gasteiger partial charge in [0.05, 0.1) is 10.8 Å². The number of carbonyl (C=O) groups excluding carboxylic acids is 1. The van der Waals surface area contributed by atoms with Gasteiger partial charge in [0.1, 0.15) is 0 Å². The molecule has 2 saturated heterocycles. The number of hydrogen-bond acceptors (Lipinski definition) is 4. The van der Waals surface area contributed by atoms with Crippen LogP contribution in [0.15, 0.2) is 23.1 Å². The zero-order chi connectivity index (χ0) is 19.8. The fraction of sp³-hybridized carbons (Fsp3) is 0.579. The Morgan fingerprint density at radius 3 is 2.37 bits per heavy atom. The molecular formula is C19H26N2O5S. The first-order valence-electron chi connectivity index (χ1n) is 9.38. The van der Waals surface area contributed by atoms with E-state index in [-0.39, 0.29) is 10.8 Å². The number of piperidine rings is 1. The van der Waals surface area contributed by atoms with Crippen LogP contribution in [0.3, 0.4) is 0 Å². The fourth-order valence-electron chi connectivity index (χ4n) is 3.96. The Hall–Kier alpha value is -1.93. The Balaban J connectivity index is 1.90. The normalized spacial score (nSPS) is 24.1. The number of aliphatic carboxylic acids is 1. The number of hydrogen-bond donors (Lipinski definition) is 1. The average molecular weight is 394 g/mol. The minimum Gasteiger partial charge on any atom is -0.481 e. The lowest BCUT2D eigenvalue weighted by molar-refractivity contribution is -0.142. The molecule has 2 heterocycles. The van der Waals surface area contributed by atoms with Crippen LogP contribution in [0.1, 0.15) is 48.5 Å². The highest BCUT2D eigenvalue weighted by molar-refractivity contribution is 7.89. The van der Waals surface area contributed by atoms with E-state index in [1.807, 2.05) is 0 Å². The summed E-state index contributed by atoms with van der Waals surface area (Å²) < 4.78 is 27.3. The number of carbonyl (C=O) groups is 2. The van der Waals surface area contributed by atoms with E-state index in [1.165, 1.54) is 10.4 Å². The lowest BCUT2D eigenvalue weighted by atomic mass is 10.0. The van der Waals surface area contributed by atoms with Crippen LogP contribution in [0.5, 0.6) is 0 Å². The molecule has 2 fully saturated rings. The molecule has 0 aromatic heterocycles. The van der Waals surface area contributed by atoms with Crippen molar-refractivity contribution in [3.63, 3.8) is 0 Å². The predicted octanol–water partition coefficient (Wildman–Crippen LogP) is 2.10. The maximum Gasteiger partial charge on any atom is 0.308 e. The summed E-state index contributed by atoms with van der Waals surface area (Å²) in [6, 6.07) is 4.22. The minimum atomic E-state index is -3.63. The monoisotopic (exact) mass is 394 g/mol. The summed E-state index contributed by atoms with van der Waals surface area (Å²) in [6.07, 6.45) is 3.13. The summed E-state index contributed by atoms with van der Waals surface area (Å²) in [5, 5.41) is 9.28. The number of sulfonamides is 1. The van der Waals surface area contributed by atoms with Crippen LogP contribution in [0.25, 0.3) is 0 Å². The van der Waals surface area contributed by atoms with E-state index in [4.69, 9.17) is 0 Å². The molecule has 0 bridgehead atoms. The maximum absolute atomic E-state index is 13.0. The molecule has 0 saturated carbocycles. The van der Waals surface area contributed by atoms with E-state index in [9.17, 15) is 23.1 Å². The third-order valence-electron chi connectivity index (χ3n) is 5.73. The molecule has 1 amide bonds. The van der Waals surface area contributed by atoms with Gasteiger partial charge in [-0.2, -0.15) is 4.31 Å². The van der Waals surface area contributed by atoms with Gasteiger partial charge in [0.25, 0.3) is 5.91 Å². The third-order valence-corrected chi connectivity index (χ3v) is 7.62. The van der Waals surface area contributed by atoms with Crippen molar-refractivity contribution >= 4 is 21.9 Å². The molecule has 1 aromatic rings. The molecule has 1 N–H and O–H groups in total. The van der Waals surface area contributed by atoms with Crippen LogP contribution in [-0.2, 0) is 14.8 Å². The summed E-state index contributed by atoms with van der Waals surface area (Å²) in [4.78, 5) is 26.0. The first-order chi connectivity index (χ1) is 12.7. The fourth-order valence-corrected chi connectivity index (χ4v) is 5.50. The summed E-state index contributed by atoms with van der Waals surface area (Å²) in [5.74, 6) is -1.80. The molecule has 8 heteroatoms. The molecule has 0 aliphatic carbocycles. The van der Waals surface area contributed by atoms with E-state index < -0.39 is 28.0 Å². The smallest absolute Gasteiger partial charge is 0.308 e. The minimum absolute atomic E-state index is 0.125. The second kappa shape index (κ2) is 7.59. The quantitative estimate of drug-likeness (QED) is 0.844. The number of carboxylic acid groups (broad SMARTS) is 1. The van der Waals surface area contributed by atoms with E-state index in [0.29, 0.717) is 37.2 Å². The molecule has 7 nitrogen and oxygen atoms in total. The first kappa shape index (κ1) is 19.8. The number of aryl methyl sites for hydroxylation is 1. The van der Waals surface area contributed by atoms with Gasteiger partial charge in [0.2, 0.25) is 10.0 Å². The van der Waals surface area contributed by atoms with Crippen molar-refractivity contribution in [3.8, 4) is 0 Å². The van der Waals surface area contributed by atoms with Gasteiger partial charge in [-0.3, -0.25) is 9.59 Å². The van der Waals surface area contributed by atoms with Crippen molar-refractivity contribution in [3.05, 3.63) is 29.3 Å². The van der Waals surface area contributed by atoms with Crippen molar-refractivity contribution in [2.75, 3.05) is 19.6 Å². The van der Waals surface area contributed by atoms with Crippen LogP contribution < -0.4 is 0 Å². The molecule has 2 aliphatic heterocycles. The van der Waals surface area contributed by atoms with E-state index in [2.05, 4.69) is 0 Å². The lowest BCUT2D eigenvalue weighted by Crippen LogP contribution is -2.38. The van der Waals surface area contributed by atoms with E-state index in [0.717, 1.165) is 19.3 Å². The Morgan fingerprint density at radius 2 is 1.78 bits per heavy atom. The Morgan fingerprint density at radius 1 is 1.11 bits per heavy atom. The molecular weight excluding hydrogens is 368 g/mol. The highest BCUT2D eigenvalue weighted by Crippen LogP contribution is 2.28. The number of rotatable bonds is 4. The van der Waals surface area contributed by atoms with E-state index >= 15 is 0 Å². The molecule has 0 radical (unpaired) electrons. The zero-order valence-electron chi connectivity index (χ0n) is 15.7. The van der Waals surface area contributed by atoms with Crippen molar-refractivity contribution < 1.29 is 23.1 Å². The topological polar surface area (TPSA) is 95.0 Å². The Bertz CT molecular complexity index is 846. The van der Waals surface area contributed by atoms with E-state index in [1.54, 1.807) is 30.9 Å². The second-order valence-electron chi connectivity index (χ2n) is 7.41. The van der Waals surface area contributed by atoms with Gasteiger partial charge in [-0.1, -0.05) is 12.5 Å².